The molecule has 1 unspecified atom stereocenters. The Bertz CT molecular complexity index is 1340. The van der Waals surface area contributed by atoms with Crippen molar-refractivity contribution in [2.75, 3.05) is 10.6 Å². The van der Waals surface area contributed by atoms with Gasteiger partial charge < -0.3 is 15.4 Å². The number of anilines is 2. The Kier molecular flexibility index (Phi) is 4.90. The number of carbonyl (C=O) groups is 2. The maximum absolute atomic E-state index is 13.3. The molecule has 0 spiro atoms. The summed E-state index contributed by atoms with van der Waals surface area (Å²) < 4.78 is 7.40. The summed E-state index contributed by atoms with van der Waals surface area (Å²) in [6.07, 6.45) is 1.12. The molecule has 4 aromatic rings. The lowest BCUT2D eigenvalue weighted by atomic mass is 10.1. The summed E-state index contributed by atoms with van der Waals surface area (Å²) >= 11 is 1.56. The molecule has 8 nitrogen and oxygen atoms in total. The van der Waals surface area contributed by atoms with Crippen LogP contribution in [0.1, 0.15) is 37.2 Å². The molecule has 32 heavy (non-hydrogen) atoms. The molecular formula is C23H21N5O3S. The first-order chi connectivity index (χ1) is 15.4. The van der Waals surface area contributed by atoms with Crippen LogP contribution < -0.4 is 15.4 Å². The van der Waals surface area contributed by atoms with Gasteiger partial charge in [-0.25, -0.2) is 9.67 Å². The molecule has 5 rings (SSSR count). The van der Waals surface area contributed by atoms with E-state index in [9.17, 15) is 9.59 Å². The van der Waals surface area contributed by atoms with Gasteiger partial charge in [0.2, 0.25) is 0 Å². The molecule has 0 bridgehead atoms. The minimum atomic E-state index is -0.554. The highest BCUT2D eigenvalue weighted by molar-refractivity contribution is 7.13. The molecule has 9 heteroatoms. The van der Waals surface area contributed by atoms with Crippen LogP contribution in [0.5, 0.6) is 5.75 Å². The van der Waals surface area contributed by atoms with Crippen LogP contribution in [0.4, 0.5) is 11.4 Å². The summed E-state index contributed by atoms with van der Waals surface area (Å²) in [5.74, 6) is 0.0629. The van der Waals surface area contributed by atoms with Gasteiger partial charge in [0.25, 0.3) is 11.8 Å². The minimum absolute atomic E-state index is 0.0983. The van der Waals surface area contributed by atoms with Crippen molar-refractivity contribution in [3.05, 3.63) is 53.5 Å². The van der Waals surface area contributed by atoms with E-state index in [4.69, 9.17) is 9.72 Å². The van der Waals surface area contributed by atoms with Crippen LogP contribution in [0.15, 0.2) is 48.0 Å². The van der Waals surface area contributed by atoms with Crippen LogP contribution in [-0.2, 0) is 4.79 Å². The number of rotatable bonds is 4. The Balaban J connectivity index is 1.54. The number of nitrogens with zero attached hydrogens (tertiary/aromatic N) is 3. The molecule has 1 aliphatic rings. The zero-order valence-electron chi connectivity index (χ0n) is 17.7. The van der Waals surface area contributed by atoms with Crippen molar-refractivity contribution >= 4 is 45.6 Å². The lowest BCUT2D eigenvalue weighted by Gasteiger charge is -2.23. The molecule has 2 amide bonds. The van der Waals surface area contributed by atoms with Gasteiger partial charge in [0.1, 0.15) is 5.75 Å². The van der Waals surface area contributed by atoms with E-state index >= 15 is 0 Å². The lowest BCUT2D eigenvalue weighted by Crippen LogP contribution is -2.34. The number of amides is 2. The summed E-state index contributed by atoms with van der Waals surface area (Å²) in [6, 6.07) is 11.0. The van der Waals surface area contributed by atoms with Gasteiger partial charge in [-0.05, 0) is 56.5 Å². The first-order valence-electron chi connectivity index (χ1n) is 10.3. The van der Waals surface area contributed by atoms with Crippen molar-refractivity contribution in [2.45, 2.75) is 32.9 Å². The lowest BCUT2D eigenvalue weighted by molar-refractivity contribution is -0.122. The SMILES string of the molecule is CC1Oc2ccc(NC(=O)c3cc(-c4cccs4)nc4c3cnn4C(C)C)cc2NC1=O. The van der Waals surface area contributed by atoms with Crippen molar-refractivity contribution in [1.82, 2.24) is 14.8 Å². The van der Waals surface area contributed by atoms with Gasteiger partial charge in [0.15, 0.2) is 11.8 Å². The number of hydrogen-bond donors (Lipinski definition) is 2. The van der Waals surface area contributed by atoms with E-state index in [0.29, 0.717) is 33.7 Å². The highest BCUT2D eigenvalue weighted by atomic mass is 32.1. The van der Waals surface area contributed by atoms with Crippen LogP contribution in [0.25, 0.3) is 21.6 Å². The van der Waals surface area contributed by atoms with E-state index in [1.165, 1.54) is 0 Å². The normalized spacial score (nSPS) is 15.4. The van der Waals surface area contributed by atoms with Crippen LogP contribution in [0, 0.1) is 0 Å². The number of pyridine rings is 1. The Hall–Kier alpha value is -3.72. The first-order valence-corrected chi connectivity index (χ1v) is 11.1. The fraction of sp³-hybridized carbons (Fsp3) is 0.217. The number of ether oxygens (including phenoxy) is 1. The summed E-state index contributed by atoms with van der Waals surface area (Å²) in [4.78, 5) is 31.0. The van der Waals surface area contributed by atoms with Crippen molar-refractivity contribution in [1.29, 1.82) is 0 Å². The number of fused-ring (bicyclic) bond motifs is 2. The summed E-state index contributed by atoms with van der Waals surface area (Å²) in [6.45, 7) is 5.73. The highest BCUT2D eigenvalue weighted by Crippen LogP contribution is 2.33. The fourth-order valence-corrected chi connectivity index (χ4v) is 4.31. The van der Waals surface area contributed by atoms with Crippen LogP contribution in [0.3, 0.4) is 0 Å². The molecule has 2 N–H and O–H groups in total. The average molecular weight is 448 g/mol. The average Bonchev–Trinajstić information content (AvgIpc) is 3.44. The molecule has 4 heterocycles. The standard InChI is InChI=1S/C23H21N5O3S/c1-12(2)28-21-16(11-24-28)15(10-18(26-21)20-5-4-8-32-20)23(30)25-14-6-7-19-17(9-14)27-22(29)13(3)31-19/h4-13H,1-3H3,(H,25,30)(H,27,29). The van der Waals surface area contributed by atoms with Gasteiger partial charge in [-0.1, -0.05) is 6.07 Å². The number of thiophene rings is 1. The number of hydrogen-bond acceptors (Lipinski definition) is 6. The van der Waals surface area contributed by atoms with Crippen LogP contribution in [0.2, 0.25) is 0 Å². The first kappa shape index (κ1) is 20.2. The number of benzene rings is 1. The Morgan fingerprint density at radius 3 is 2.88 bits per heavy atom. The van der Waals surface area contributed by atoms with E-state index in [1.54, 1.807) is 48.7 Å². The zero-order chi connectivity index (χ0) is 22.4. The van der Waals surface area contributed by atoms with E-state index in [2.05, 4.69) is 15.7 Å². The Labute approximate surface area is 188 Å². The molecule has 0 saturated carbocycles. The summed E-state index contributed by atoms with van der Waals surface area (Å²) in [5.41, 5.74) is 2.94. The van der Waals surface area contributed by atoms with Crippen molar-refractivity contribution in [3.63, 3.8) is 0 Å². The smallest absolute Gasteiger partial charge is 0.265 e. The molecular weight excluding hydrogens is 426 g/mol. The van der Waals surface area contributed by atoms with E-state index in [-0.39, 0.29) is 17.9 Å². The topological polar surface area (TPSA) is 98.1 Å². The van der Waals surface area contributed by atoms with Gasteiger partial charge in [-0.3, -0.25) is 9.59 Å². The van der Waals surface area contributed by atoms with Crippen molar-refractivity contribution in [3.8, 4) is 16.3 Å². The molecule has 1 aliphatic heterocycles. The predicted molar refractivity (Wildman–Crippen MR) is 124 cm³/mol. The van der Waals surface area contributed by atoms with Gasteiger partial charge in [-0.2, -0.15) is 5.10 Å². The molecule has 0 fully saturated rings. The molecule has 0 radical (unpaired) electrons. The fourth-order valence-electron chi connectivity index (χ4n) is 3.62. The number of carbonyl (C=O) groups excluding carboxylic acids is 2. The van der Waals surface area contributed by atoms with Crippen LogP contribution in [-0.4, -0.2) is 32.7 Å². The third-order valence-electron chi connectivity index (χ3n) is 5.24. The second kappa shape index (κ2) is 7.76. The van der Waals surface area contributed by atoms with Crippen molar-refractivity contribution < 1.29 is 14.3 Å². The predicted octanol–water partition coefficient (Wildman–Crippen LogP) is 4.71. The van der Waals surface area contributed by atoms with E-state index in [0.717, 1.165) is 10.6 Å². The highest BCUT2D eigenvalue weighted by Gasteiger charge is 2.24. The maximum Gasteiger partial charge on any atom is 0.265 e. The zero-order valence-corrected chi connectivity index (χ0v) is 18.6. The molecule has 1 aromatic carbocycles. The van der Waals surface area contributed by atoms with Gasteiger partial charge in [0, 0.05) is 11.7 Å². The van der Waals surface area contributed by atoms with E-state index < -0.39 is 6.10 Å². The number of aromatic nitrogens is 3. The Morgan fingerprint density at radius 1 is 1.28 bits per heavy atom. The number of nitrogens with one attached hydrogen (secondary N) is 2. The minimum Gasteiger partial charge on any atom is -0.479 e. The second-order valence-corrected chi connectivity index (χ2v) is 8.81. The second-order valence-electron chi connectivity index (χ2n) is 7.87. The quantitative estimate of drug-likeness (QED) is 0.472. The molecule has 3 aromatic heterocycles. The molecule has 0 saturated heterocycles. The summed E-state index contributed by atoms with van der Waals surface area (Å²) in [7, 11) is 0. The molecule has 0 aliphatic carbocycles. The largest absolute Gasteiger partial charge is 0.479 e. The summed E-state index contributed by atoms with van der Waals surface area (Å²) in [5, 5.41) is 12.8. The molecule has 162 valence electrons. The van der Waals surface area contributed by atoms with Crippen molar-refractivity contribution in [2.24, 2.45) is 0 Å². The van der Waals surface area contributed by atoms with Gasteiger partial charge in [-0.15, -0.1) is 11.3 Å². The third kappa shape index (κ3) is 3.50. The third-order valence-corrected chi connectivity index (χ3v) is 6.13. The molecule has 1 atom stereocenters. The van der Waals surface area contributed by atoms with E-state index in [1.807, 2.05) is 36.0 Å². The maximum atomic E-state index is 13.3. The van der Waals surface area contributed by atoms with Gasteiger partial charge in [0.05, 0.1) is 33.4 Å². The van der Waals surface area contributed by atoms with Crippen LogP contribution >= 0.6 is 11.3 Å². The Morgan fingerprint density at radius 2 is 2.12 bits per heavy atom. The monoisotopic (exact) mass is 447 g/mol. The van der Waals surface area contributed by atoms with Gasteiger partial charge >= 0.3 is 0 Å².